The van der Waals surface area contributed by atoms with E-state index in [9.17, 15) is 0 Å². The van der Waals surface area contributed by atoms with Gasteiger partial charge < -0.3 is 9.13 Å². The van der Waals surface area contributed by atoms with Crippen molar-refractivity contribution in [3.05, 3.63) is 206 Å². The first-order valence-corrected chi connectivity index (χ1v) is 19.8. The molecular weight excluding hydrogens is 705 g/mol. The van der Waals surface area contributed by atoms with Crippen LogP contribution in [0.1, 0.15) is 0 Å². The summed E-state index contributed by atoms with van der Waals surface area (Å²) in [4.78, 5) is 10.4. The zero-order chi connectivity index (χ0) is 38.2. The lowest BCUT2D eigenvalue weighted by atomic mass is 9.98. The van der Waals surface area contributed by atoms with Gasteiger partial charge in [0.15, 0.2) is 5.82 Å². The molecule has 0 spiro atoms. The normalized spacial score (nSPS) is 11.8. The van der Waals surface area contributed by atoms with Crippen LogP contribution < -0.4 is 0 Å². The Hall–Kier alpha value is -7.82. The van der Waals surface area contributed by atoms with Gasteiger partial charge in [-0.2, -0.15) is 0 Å². The summed E-state index contributed by atoms with van der Waals surface area (Å²) < 4.78 is 4.78. The Morgan fingerprint density at radius 3 is 1.74 bits per heavy atom. The van der Waals surface area contributed by atoms with Crippen LogP contribution in [0.15, 0.2) is 206 Å². The van der Waals surface area contributed by atoms with Gasteiger partial charge in [0.05, 0.1) is 33.3 Å². The first-order chi connectivity index (χ1) is 28.8. The molecule has 0 aliphatic carbocycles. The Morgan fingerprint density at radius 1 is 0.328 bits per heavy atom. The van der Waals surface area contributed by atoms with Crippen LogP contribution in [0.3, 0.4) is 0 Å². The number of benzene rings is 9. The second-order valence-electron chi connectivity index (χ2n) is 15.0. The topological polar surface area (TPSA) is 35.6 Å². The molecule has 58 heavy (non-hydrogen) atoms. The van der Waals surface area contributed by atoms with Gasteiger partial charge in [0.2, 0.25) is 0 Å². The van der Waals surface area contributed by atoms with Crippen molar-refractivity contribution in [2.75, 3.05) is 0 Å². The average molecular weight is 739 g/mol. The minimum atomic E-state index is 0.724. The van der Waals surface area contributed by atoms with E-state index in [0.29, 0.717) is 0 Å². The molecule has 0 bridgehead atoms. The predicted octanol–water partition coefficient (Wildman–Crippen LogP) is 14.0. The molecule has 3 aromatic heterocycles. The van der Waals surface area contributed by atoms with Crippen molar-refractivity contribution in [3.63, 3.8) is 0 Å². The number of rotatable bonds is 5. The summed E-state index contributed by atoms with van der Waals surface area (Å²) in [6.07, 6.45) is 0. The molecular formula is C54H34N4. The Morgan fingerprint density at radius 2 is 0.931 bits per heavy atom. The number of fused-ring (bicyclic) bond motifs is 9. The second kappa shape index (κ2) is 12.9. The van der Waals surface area contributed by atoms with Gasteiger partial charge in [0.1, 0.15) is 0 Å². The zero-order valence-electron chi connectivity index (χ0n) is 31.4. The Labute approximate surface area is 334 Å². The highest BCUT2D eigenvalue weighted by Crippen LogP contribution is 2.41. The van der Waals surface area contributed by atoms with Gasteiger partial charge in [-0.3, -0.25) is 0 Å². The van der Waals surface area contributed by atoms with Crippen LogP contribution in [0.2, 0.25) is 0 Å². The lowest BCUT2D eigenvalue weighted by molar-refractivity contribution is 1.18. The van der Waals surface area contributed by atoms with Crippen LogP contribution >= 0.6 is 0 Å². The average Bonchev–Trinajstić information content (AvgIpc) is 3.82. The fourth-order valence-corrected chi connectivity index (χ4v) is 9.10. The lowest BCUT2D eigenvalue weighted by Crippen LogP contribution is -1.97. The molecule has 0 fully saturated rings. The van der Waals surface area contributed by atoms with E-state index in [1.807, 2.05) is 18.2 Å². The molecule has 12 rings (SSSR count). The van der Waals surface area contributed by atoms with E-state index in [2.05, 4.69) is 197 Å². The van der Waals surface area contributed by atoms with Crippen LogP contribution in [0.25, 0.3) is 110 Å². The van der Waals surface area contributed by atoms with Crippen LogP contribution in [0.5, 0.6) is 0 Å². The van der Waals surface area contributed by atoms with Crippen molar-refractivity contribution >= 4 is 65.3 Å². The number of hydrogen-bond donors (Lipinski definition) is 0. The summed E-state index contributed by atoms with van der Waals surface area (Å²) in [6.45, 7) is 0. The third-order valence-corrected chi connectivity index (χ3v) is 11.7. The fourth-order valence-electron chi connectivity index (χ4n) is 9.10. The summed E-state index contributed by atoms with van der Waals surface area (Å²) in [5.41, 5.74) is 13.4. The van der Waals surface area contributed by atoms with Crippen molar-refractivity contribution < 1.29 is 0 Å². The molecule has 0 aliphatic rings. The predicted molar refractivity (Wildman–Crippen MR) is 242 cm³/mol. The van der Waals surface area contributed by atoms with E-state index in [1.165, 1.54) is 60.1 Å². The minimum Gasteiger partial charge on any atom is -0.309 e. The van der Waals surface area contributed by atoms with Crippen molar-refractivity contribution in [1.82, 2.24) is 19.1 Å². The molecule has 270 valence electrons. The van der Waals surface area contributed by atoms with Crippen LogP contribution in [0.4, 0.5) is 0 Å². The quantitative estimate of drug-likeness (QED) is 0.165. The molecule has 4 nitrogen and oxygen atoms in total. The van der Waals surface area contributed by atoms with Gasteiger partial charge in [0, 0.05) is 54.8 Å². The molecule has 0 saturated heterocycles. The van der Waals surface area contributed by atoms with Crippen LogP contribution in [-0.4, -0.2) is 19.1 Å². The maximum absolute atomic E-state index is 5.22. The Balaban J connectivity index is 1.01. The number of hydrogen-bond acceptors (Lipinski definition) is 2. The Bertz CT molecular complexity index is 3540. The third kappa shape index (κ3) is 4.95. The summed E-state index contributed by atoms with van der Waals surface area (Å²) in [7, 11) is 0. The van der Waals surface area contributed by atoms with E-state index >= 15 is 0 Å². The highest BCUT2D eigenvalue weighted by atomic mass is 15.0. The molecule has 3 heterocycles. The van der Waals surface area contributed by atoms with Crippen molar-refractivity contribution in [2.24, 2.45) is 0 Å². The van der Waals surface area contributed by atoms with Gasteiger partial charge in [-0.05, 0) is 77.2 Å². The van der Waals surface area contributed by atoms with Crippen molar-refractivity contribution in [3.8, 4) is 45.1 Å². The zero-order valence-corrected chi connectivity index (χ0v) is 31.4. The molecule has 9 aromatic carbocycles. The summed E-state index contributed by atoms with van der Waals surface area (Å²) in [5, 5.41) is 8.30. The van der Waals surface area contributed by atoms with Crippen molar-refractivity contribution in [1.29, 1.82) is 0 Å². The molecule has 0 atom stereocenters. The molecule has 12 aromatic rings. The fraction of sp³-hybridized carbons (Fsp3) is 0. The molecule has 0 aliphatic heterocycles. The first-order valence-electron chi connectivity index (χ1n) is 19.8. The number of nitrogens with zero attached hydrogens (tertiary/aromatic N) is 4. The van der Waals surface area contributed by atoms with E-state index < -0.39 is 0 Å². The Kier molecular flexibility index (Phi) is 7.20. The van der Waals surface area contributed by atoms with Crippen LogP contribution in [0, 0.1) is 0 Å². The molecule has 0 N–H and O–H groups in total. The SMILES string of the molecule is c1ccc(-c2nc(-c3ccc(-n4c5ccccc5c5cc(-c6cccc7c6c6ccccc6n7-c6ccccc6)ccc54)cc3)c3ccc4ccccc4c3n2)cc1. The maximum atomic E-state index is 5.22. The van der Waals surface area contributed by atoms with Crippen molar-refractivity contribution in [2.45, 2.75) is 0 Å². The van der Waals surface area contributed by atoms with Gasteiger partial charge in [0.25, 0.3) is 0 Å². The van der Waals surface area contributed by atoms with E-state index in [0.717, 1.165) is 50.3 Å². The lowest BCUT2D eigenvalue weighted by Gasteiger charge is -2.13. The summed E-state index contributed by atoms with van der Waals surface area (Å²) in [5.74, 6) is 0.724. The number of para-hydroxylation sites is 3. The highest BCUT2D eigenvalue weighted by Gasteiger charge is 2.19. The van der Waals surface area contributed by atoms with E-state index in [-0.39, 0.29) is 0 Å². The summed E-state index contributed by atoms with van der Waals surface area (Å²) in [6, 6.07) is 73.8. The summed E-state index contributed by atoms with van der Waals surface area (Å²) >= 11 is 0. The van der Waals surface area contributed by atoms with E-state index in [1.54, 1.807) is 0 Å². The van der Waals surface area contributed by atoms with Gasteiger partial charge in [-0.15, -0.1) is 0 Å². The number of aromatic nitrogens is 4. The molecule has 0 radical (unpaired) electrons. The highest BCUT2D eigenvalue weighted by molar-refractivity contribution is 6.17. The largest absolute Gasteiger partial charge is 0.309 e. The maximum Gasteiger partial charge on any atom is 0.160 e. The first kappa shape index (κ1) is 32.4. The van der Waals surface area contributed by atoms with Gasteiger partial charge in [-0.1, -0.05) is 146 Å². The smallest absolute Gasteiger partial charge is 0.160 e. The molecule has 4 heteroatoms. The third-order valence-electron chi connectivity index (χ3n) is 11.7. The van der Waals surface area contributed by atoms with Gasteiger partial charge >= 0.3 is 0 Å². The minimum absolute atomic E-state index is 0.724. The molecule has 0 amide bonds. The molecule has 0 saturated carbocycles. The monoisotopic (exact) mass is 738 g/mol. The van der Waals surface area contributed by atoms with Gasteiger partial charge in [-0.25, -0.2) is 9.97 Å². The second-order valence-corrected chi connectivity index (χ2v) is 15.0. The van der Waals surface area contributed by atoms with Crippen LogP contribution in [-0.2, 0) is 0 Å². The van der Waals surface area contributed by atoms with E-state index in [4.69, 9.17) is 9.97 Å². The molecule has 0 unspecified atom stereocenters. The standard InChI is InChI=1S/C54H34N4/c1-3-15-37(16-4-1)54-55-52(45-32-28-35-14-7-8-19-42(35)53(45)56-54)36-26-30-40(31-27-36)57-47-23-11-9-20-43(47)46-34-38(29-33-49(46)57)41-22-13-25-50-51(41)44-21-10-12-24-48(44)58(50)39-17-5-2-6-18-39/h1-34H.